The minimum atomic E-state index is 0.520. The maximum absolute atomic E-state index is 6.00. The maximum Gasteiger partial charge on any atom is 0.0672 e. The molecule has 2 nitrogen and oxygen atoms in total. The number of ether oxygens (including phenoxy) is 1. The number of halogens is 1. The Morgan fingerprint density at radius 1 is 1.44 bits per heavy atom. The third kappa shape index (κ3) is 3.84. The minimum Gasteiger partial charge on any atom is -0.376 e. The van der Waals surface area contributed by atoms with Crippen LogP contribution >= 0.6 is 11.6 Å². The minimum absolute atomic E-state index is 0.520. The highest BCUT2D eigenvalue weighted by atomic mass is 35.5. The Balaban J connectivity index is 1.70. The molecule has 0 spiro atoms. The van der Waals surface area contributed by atoms with Gasteiger partial charge < -0.3 is 10.1 Å². The Kier molecular flexibility index (Phi) is 4.81. The molecular weight excluding hydrogens is 246 g/mol. The van der Waals surface area contributed by atoms with Crippen molar-refractivity contribution in [3.8, 4) is 0 Å². The van der Waals surface area contributed by atoms with Gasteiger partial charge in [0.1, 0.15) is 0 Å². The van der Waals surface area contributed by atoms with Gasteiger partial charge in [-0.05, 0) is 43.0 Å². The van der Waals surface area contributed by atoms with Gasteiger partial charge in [-0.15, -0.1) is 0 Å². The van der Waals surface area contributed by atoms with Gasteiger partial charge in [-0.25, -0.2) is 0 Å². The van der Waals surface area contributed by atoms with Crippen molar-refractivity contribution >= 4 is 11.6 Å². The van der Waals surface area contributed by atoms with Crippen molar-refractivity contribution in [2.75, 3.05) is 19.8 Å². The normalized spacial score (nSPS) is 17.8. The molecule has 1 N–H and O–H groups in total. The summed E-state index contributed by atoms with van der Waals surface area (Å²) in [6.45, 7) is 8.06. The molecule has 0 saturated heterocycles. The fourth-order valence-corrected chi connectivity index (χ4v) is 2.51. The molecule has 0 aliphatic heterocycles. The van der Waals surface area contributed by atoms with Crippen LogP contribution in [0.2, 0.25) is 5.02 Å². The van der Waals surface area contributed by atoms with E-state index < -0.39 is 0 Å². The molecule has 0 radical (unpaired) electrons. The summed E-state index contributed by atoms with van der Waals surface area (Å²) in [5.74, 6) is 0. The average Bonchev–Trinajstić information content (AvgIpc) is 2.70. The Morgan fingerprint density at radius 2 is 2.22 bits per heavy atom. The first-order valence-electron chi connectivity index (χ1n) is 6.38. The first-order valence-corrected chi connectivity index (χ1v) is 6.76. The molecule has 0 fully saturated rings. The molecule has 18 heavy (non-hydrogen) atoms. The van der Waals surface area contributed by atoms with Crippen LogP contribution < -0.4 is 5.32 Å². The summed E-state index contributed by atoms with van der Waals surface area (Å²) in [7, 11) is 0. The fraction of sp³-hybridized carbons (Fsp3) is 0.467. The Hall–Kier alpha value is -0.830. The summed E-state index contributed by atoms with van der Waals surface area (Å²) in [5.41, 5.74) is 3.86. The smallest absolute Gasteiger partial charge is 0.0672 e. The Labute approximate surface area is 114 Å². The van der Waals surface area contributed by atoms with Gasteiger partial charge >= 0.3 is 0 Å². The van der Waals surface area contributed by atoms with Crippen LogP contribution in [0.3, 0.4) is 0 Å². The van der Waals surface area contributed by atoms with Gasteiger partial charge in [0.05, 0.1) is 13.2 Å². The van der Waals surface area contributed by atoms with Crippen LogP contribution in [0, 0.1) is 0 Å². The summed E-state index contributed by atoms with van der Waals surface area (Å²) in [5, 5.41) is 4.36. The van der Waals surface area contributed by atoms with E-state index in [4.69, 9.17) is 16.3 Å². The summed E-state index contributed by atoms with van der Waals surface area (Å²) >= 11 is 6.00. The van der Waals surface area contributed by atoms with Crippen molar-refractivity contribution in [1.29, 1.82) is 0 Å². The standard InChI is InChI=1S/C15H20ClNO/c1-11(2)10-18-6-5-17-15-8-12-3-4-14(16)7-13(12)9-15/h3-4,7,15,17H,1,5-6,8-10H2,2H3. The highest BCUT2D eigenvalue weighted by molar-refractivity contribution is 6.30. The topological polar surface area (TPSA) is 21.3 Å². The van der Waals surface area contributed by atoms with Crippen molar-refractivity contribution in [3.05, 3.63) is 46.5 Å². The van der Waals surface area contributed by atoms with Gasteiger partial charge in [-0.2, -0.15) is 0 Å². The predicted octanol–water partition coefficient (Wildman–Crippen LogP) is 2.99. The molecule has 2 rings (SSSR count). The molecule has 1 aromatic rings. The molecule has 1 unspecified atom stereocenters. The number of fused-ring (bicyclic) bond motifs is 1. The second-order valence-corrected chi connectivity index (χ2v) is 5.42. The maximum atomic E-state index is 6.00. The van der Waals surface area contributed by atoms with Gasteiger partial charge in [0.15, 0.2) is 0 Å². The summed E-state index contributed by atoms with van der Waals surface area (Å²) in [6, 6.07) is 6.71. The molecule has 0 heterocycles. The van der Waals surface area contributed by atoms with Crippen molar-refractivity contribution < 1.29 is 4.74 Å². The summed E-state index contributed by atoms with van der Waals surface area (Å²) in [4.78, 5) is 0. The molecule has 1 aromatic carbocycles. The summed E-state index contributed by atoms with van der Waals surface area (Å²) in [6.07, 6.45) is 2.16. The van der Waals surface area contributed by atoms with Crippen molar-refractivity contribution in [2.45, 2.75) is 25.8 Å². The molecule has 0 amide bonds. The second kappa shape index (κ2) is 6.37. The van der Waals surface area contributed by atoms with E-state index in [1.807, 2.05) is 13.0 Å². The molecule has 1 aliphatic rings. The number of benzene rings is 1. The lowest BCUT2D eigenvalue weighted by Crippen LogP contribution is -2.32. The number of hydrogen-bond donors (Lipinski definition) is 1. The number of rotatable bonds is 6. The second-order valence-electron chi connectivity index (χ2n) is 4.98. The van der Waals surface area contributed by atoms with E-state index in [0.29, 0.717) is 12.6 Å². The van der Waals surface area contributed by atoms with E-state index in [-0.39, 0.29) is 0 Å². The first-order chi connectivity index (χ1) is 8.65. The van der Waals surface area contributed by atoms with E-state index in [0.717, 1.165) is 36.6 Å². The van der Waals surface area contributed by atoms with Crippen LogP contribution in [-0.2, 0) is 17.6 Å². The number of nitrogens with one attached hydrogen (secondary N) is 1. The highest BCUT2D eigenvalue weighted by Crippen LogP contribution is 2.25. The molecule has 98 valence electrons. The predicted molar refractivity (Wildman–Crippen MR) is 76.3 cm³/mol. The molecule has 0 aromatic heterocycles. The van der Waals surface area contributed by atoms with Gasteiger partial charge in [-0.1, -0.05) is 29.8 Å². The monoisotopic (exact) mass is 265 g/mol. The van der Waals surface area contributed by atoms with Crippen LogP contribution in [0.25, 0.3) is 0 Å². The van der Waals surface area contributed by atoms with Crippen LogP contribution in [-0.4, -0.2) is 25.8 Å². The summed E-state index contributed by atoms with van der Waals surface area (Å²) < 4.78 is 5.47. The Bertz CT molecular complexity index is 431. The van der Waals surface area contributed by atoms with Crippen molar-refractivity contribution in [2.24, 2.45) is 0 Å². The van der Waals surface area contributed by atoms with Gasteiger partial charge in [0.25, 0.3) is 0 Å². The van der Waals surface area contributed by atoms with Crippen molar-refractivity contribution in [1.82, 2.24) is 5.32 Å². The van der Waals surface area contributed by atoms with E-state index >= 15 is 0 Å². The van der Waals surface area contributed by atoms with E-state index in [9.17, 15) is 0 Å². The molecule has 3 heteroatoms. The lowest BCUT2D eigenvalue weighted by Gasteiger charge is -2.11. The largest absolute Gasteiger partial charge is 0.376 e. The Morgan fingerprint density at radius 3 is 3.00 bits per heavy atom. The third-order valence-electron chi connectivity index (χ3n) is 3.13. The first kappa shape index (κ1) is 13.6. The molecule has 0 bridgehead atoms. The van der Waals surface area contributed by atoms with Crippen LogP contribution in [0.4, 0.5) is 0 Å². The zero-order valence-electron chi connectivity index (χ0n) is 10.8. The zero-order valence-corrected chi connectivity index (χ0v) is 11.6. The van der Waals surface area contributed by atoms with Crippen LogP contribution in [0.15, 0.2) is 30.4 Å². The molecule has 1 atom stereocenters. The van der Waals surface area contributed by atoms with Gasteiger partial charge in [-0.3, -0.25) is 0 Å². The average molecular weight is 266 g/mol. The van der Waals surface area contributed by atoms with Gasteiger partial charge in [0, 0.05) is 17.6 Å². The molecular formula is C15H20ClNO. The van der Waals surface area contributed by atoms with Gasteiger partial charge in [0.2, 0.25) is 0 Å². The van der Waals surface area contributed by atoms with Crippen LogP contribution in [0.1, 0.15) is 18.1 Å². The SMILES string of the molecule is C=C(C)COCCNC1Cc2ccc(Cl)cc2C1. The van der Waals surface area contributed by atoms with E-state index in [1.54, 1.807) is 0 Å². The highest BCUT2D eigenvalue weighted by Gasteiger charge is 2.20. The quantitative estimate of drug-likeness (QED) is 0.631. The number of hydrogen-bond acceptors (Lipinski definition) is 2. The molecule has 1 aliphatic carbocycles. The van der Waals surface area contributed by atoms with E-state index in [1.165, 1.54) is 11.1 Å². The molecule has 0 saturated carbocycles. The zero-order chi connectivity index (χ0) is 13.0. The lowest BCUT2D eigenvalue weighted by atomic mass is 10.1. The van der Waals surface area contributed by atoms with Crippen LogP contribution in [0.5, 0.6) is 0 Å². The third-order valence-corrected chi connectivity index (χ3v) is 3.36. The lowest BCUT2D eigenvalue weighted by molar-refractivity contribution is 0.155. The van der Waals surface area contributed by atoms with Crippen molar-refractivity contribution in [3.63, 3.8) is 0 Å². The fourth-order valence-electron chi connectivity index (χ4n) is 2.31. The van der Waals surface area contributed by atoms with E-state index in [2.05, 4.69) is 24.0 Å².